The van der Waals surface area contributed by atoms with Gasteiger partial charge >= 0.3 is 0 Å². The molecular formula is C11H13BrN2S2. The van der Waals surface area contributed by atoms with E-state index in [4.69, 9.17) is 0 Å². The van der Waals surface area contributed by atoms with Crippen molar-refractivity contribution >= 4 is 38.6 Å². The first-order valence-corrected chi connectivity index (χ1v) is 7.56. The summed E-state index contributed by atoms with van der Waals surface area (Å²) >= 11 is 7.01. The third kappa shape index (κ3) is 2.71. The van der Waals surface area contributed by atoms with Crippen LogP contribution in [0, 0.1) is 6.92 Å². The van der Waals surface area contributed by atoms with E-state index in [1.54, 1.807) is 22.7 Å². The Morgan fingerprint density at radius 3 is 2.81 bits per heavy atom. The fourth-order valence-electron chi connectivity index (χ4n) is 1.63. The predicted octanol–water partition coefficient (Wildman–Crippen LogP) is 3.78. The molecule has 0 fully saturated rings. The monoisotopic (exact) mass is 316 g/mol. The lowest BCUT2D eigenvalue weighted by Crippen LogP contribution is -2.18. The lowest BCUT2D eigenvalue weighted by molar-refractivity contribution is 0.602. The van der Waals surface area contributed by atoms with Gasteiger partial charge in [0.15, 0.2) is 0 Å². The van der Waals surface area contributed by atoms with Gasteiger partial charge < -0.3 is 5.32 Å². The minimum absolute atomic E-state index is 0.373. The standard InChI is InChI=1S/C11H13BrN2S2/c1-7-11(16-6-14-7)10(13-2)4-9-3-8(12)5-15-9/h3,5-6,10,13H,4H2,1-2H3. The molecule has 0 saturated carbocycles. The molecule has 1 N–H and O–H groups in total. The highest BCUT2D eigenvalue weighted by atomic mass is 79.9. The largest absolute Gasteiger partial charge is 0.312 e. The second-order valence-corrected chi connectivity index (χ2v) is 6.38. The zero-order valence-corrected chi connectivity index (χ0v) is 12.4. The van der Waals surface area contributed by atoms with Crippen molar-refractivity contribution < 1.29 is 0 Å². The number of nitrogens with zero attached hydrogens (tertiary/aromatic N) is 1. The smallest absolute Gasteiger partial charge is 0.0798 e. The summed E-state index contributed by atoms with van der Waals surface area (Å²) in [6.45, 7) is 2.07. The minimum Gasteiger partial charge on any atom is -0.312 e. The molecule has 2 aromatic heterocycles. The molecule has 2 aromatic rings. The third-order valence-corrected chi connectivity index (χ3v) is 5.24. The lowest BCUT2D eigenvalue weighted by atomic mass is 10.1. The van der Waals surface area contributed by atoms with Crippen molar-refractivity contribution in [1.82, 2.24) is 10.3 Å². The maximum absolute atomic E-state index is 4.30. The molecule has 1 atom stereocenters. The molecule has 2 nitrogen and oxygen atoms in total. The zero-order valence-electron chi connectivity index (χ0n) is 9.16. The van der Waals surface area contributed by atoms with E-state index in [0.29, 0.717) is 6.04 Å². The van der Waals surface area contributed by atoms with Crippen molar-refractivity contribution in [2.24, 2.45) is 0 Å². The molecule has 0 amide bonds. The van der Waals surface area contributed by atoms with Gasteiger partial charge in [-0.25, -0.2) is 4.98 Å². The highest BCUT2D eigenvalue weighted by Crippen LogP contribution is 2.28. The summed E-state index contributed by atoms with van der Waals surface area (Å²) in [5.41, 5.74) is 3.05. The fraction of sp³-hybridized carbons (Fsp3) is 0.364. The molecule has 0 aliphatic rings. The van der Waals surface area contributed by atoms with Gasteiger partial charge in [0.25, 0.3) is 0 Å². The van der Waals surface area contributed by atoms with Gasteiger partial charge in [0.05, 0.1) is 11.2 Å². The number of aromatic nitrogens is 1. The van der Waals surface area contributed by atoms with E-state index in [-0.39, 0.29) is 0 Å². The molecule has 0 saturated heterocycles. The minimum atomic E-state index is 0.373. The quantitative estimate of drug-likeness (QED) is 0.928. The van der Waals surface area contributed by atoms with Gasteiger partial charge in [0.2, 0.25) is 0 Å². The summed E-state index contributed by atoms with van der Waals surface area (Å²) in [6, 6.07) is 2.56. The predicted molar refractivity (Wildman–Crippen MR) is 74.4 cm³/mol. The van der Waals surface area contributed by atoms with Crippen LogP contribution in [-0.4, -0.2) is 12.0 Å². The SMILES string of the molecule is CNC(Cc1cc(Br)cs1)c1scnc1C. The number of nitrogens with one attached hydrogen (secondary N) is 1. The second kappa shape index (κ2) is 5.40. The van der Waals surface area contributed by atoms with E-state index < -0.39 is 0 Å². The summed E-state index contributed by atoms with van der Waals surface area (Å²) in [6.07, 6.45) is 1.02. The second-order valence-electron chi connectivity index (χ2n) is 3.58. The number of rotatable bonds is 4. The number of halogens is 1. The Bertz CT molecular complexity index is 464. The number of hydrogen-bond donors (Lipinski definition) is 1. The molecule has 1 unspecified atom stereocenters. The lowest BCUT2D eigenvalue weighted by Gasteiger charge is -2.13. The highest BCUT2D eigenvalue weighted by molar-refractivity contribution is 9.10. The molecule has 0 bridgehead atoms. The Hall–Kier alpha value is -0.230. The van der Waals surface area contributed by atoms with Gasteiger partial charge in [-0.2, -0.15) is 0 Å². The third-order valence-electron chi connectivity index (χ3n) is 2.47. The summed E-state index contributed by atoms with van der Waals surface area (Å²) in [7, 11) is 2.01. The van der Waals surface area contributed by atoms with Crippen LogP contribution in [0.2, 0.25) is 0 Å². The molecule has 0 aliphatic carbocycles. The van der Waals surface area contributed by atoms with Gasteiger partial charge in [-0.05, 0) is 36.0 Å². The number of aryl methyl sites for hydroxylation is 1. The van der Waals surface area contributed by atoms with Gasteiger partial charge in [-0.15, -0.1) is 22.7 Å². The van der Waals surface area contributed by atoms with Crippen LogP contribution in [0.3, 0.4) is 0 Å². The Morgan fingerprint density at radius 2 is 2.31 bits per heavy atom. The molecule has 0 aromatic carbocycles. The Balaban J connectivity index is 2.15. The van der Waals surface area contributed by atoms with E-state index in [2.05, 4.69) is 44.6 Å². The van der Waals surface area contributed by atoms with Crippen LogP contribution in [0.25, 0.3) is 0 Å². The van der Waals surface area contributed by atoms with Gasteiger partial charge in [0.1, 0.15) is 0 Å². The number of hydrogen-bond acceptors (Lipinski definition) is 4. The van der Waals surface area contributed by atoms with Crippen LogP contribution in [-0.2, 0) is 6.42 Å². The number of thiazole rings is 1. The van der Waals surface area contributed by atoms with Crippen molar-refractivity contribution in [1.29, 1.82) is 0 Å². The Labute approximate surface area is 112 Å². The van der Waals surface area contributed by atoms with E-state index in [1.807, 2.05) is 12.6 Å². The maximum atomic E-state index is 4.30. The van der Waals surface area contributed by atoms with Crippen LogP contribution in [0.4, 0.5) is 0 Å². The van der Waals surface area contributed by atoms with Gasteiger partial charge in [-0.3, -0.25) is 0 Å². The maximum Gasteiger partial charge on any atom is 0.0798 e. The van der Waals surface area contributed by atoms with Gasteiger partial charge in [0, 0.05) is 32.1 Å². The van der Waals surface area contributed by atoms with E-state index >= 15 is 0 Å². The fourth-order valence-corrected chi connectivity index (χ4v) is 4.04. The normalized spacial score (nSPS) is 12.9. The first-order valence-electron chi connectivity index (χ1n) is 5.01. The number of likely N-dealkylation sites (N-methyl/N-ethyl adjacent to an activating group) is 1. The highest BCUT2D eigenvalue weighted by Gasteiger charge is 2.15. The average molecular weight is 317 g/mol. The van der Waals surface area contributed by atoms with Gasteiger partial charge in [-0.1, -0.05) is 0 Å². The van der Waals surface area contributed by atoms with Crippen LogP contribution < -0.4 is 5.32 Å². The van der Waals surface area contributed by atoms with Crippen LogP contribution in [0.1, 0.15) is 21.5 Å². The molecule has 2 rings (SSSR count). The van der Waals surface area contributed by atoms with Crippen molar-refractivity contribution in [3.63, 3.8) is 0 Å². The molecular weight excluding hydrogens is 304 g/mol. The summed E-state index contributed by atoms with van der Waals surface area (Å²) in [4.78, 5) is 7.03. The molecule has 0 spiro atoms. The average Bonchev–Trinajstić information content (AvgIpc) is 2.84. The Kier molecular flexibility index (Phi) is 4.13. The van der Waals surface area contributed by atoms with E-state index in [1.165, 1.54) is 14.2 Å². The topological polar surface area (TPSA) is 24.9 Å². The van der Waals surface area contributed by atoms with Crippen LogP contribution in [0.15, 0.2) is 21.4 Å². The van der Waals surface area contributed by atoms with Crippen molar-refractivity contribution in [2.45, 2.75) is 19.4 Å². The molecule has 5 heteroatoms. The molecule has 0 radical (unpaired) electrons. The van der Waals surface area contributed by atoms with E-state index in [0.717, 1.165) is 12.1 Å². The molecule has 16 heavy (non-hydrogen) atoms. The first-order chi connectivity index (χ1) is 7.70. The van der Waals surface area contributed by atoms with Crippen molar-refractivity contribution in [2.75, 3.05) is 7.05 Å². The molecule has 86 valence electrons. The first kappa shape index (κ1) is 12.2. The van der Waals surface area contributed by atoms with E-state index in [9.17, 15) is 0 Å². The summed E-state index contributed by atoms with van der Waals surface area (Å²) in [5.74, 6) is 0. The van der Waals surface area contributed by atoms with Crippen molar-refractivity contribution in [3.05, 3.63) is 36.9 Å². The summed E-state index contributed by atoms with van der Waals surface area (Å²) < 4.78 is 1.17. The number of thiophene rings is 1. The molecule has 0 aliphatic heterocycles. The molecule has 2 heterocycles. The summed E-state index contributed by atoms with van der Waals surface area (Å²) in [5, 5.41) is 5.49. The van der Waals surface area contributed by atoms with Crippen LogP contribution in [0.5, 0.6) is 0 Å². The van der Waals surface area contributed by atoms with Crippen molar-refractivity contribution in [3.8, 4) is 0 Å². The zero-order chi connectivity index (χ0) is 11.5. The Morgan fingerprint density at radius 1 is 1.50 bits per heavy atom. The van der Waals surface area contributed by atoms with Crippen LogP contribution >= 0.6 is 38.6 Å².